The van der Waals surface area contributed by atoms with E-state index in [1.54, 1.807) is 0 Å². The van der Waals surface area contributed by atoms with Gasteiger partial charge in [-0.05, 0) is 30.0 Å². The number of amides is 2. The summed E-state index contributed by atoms with van der Waals surface area (Å²) in [6.45, 7) is 3.92. The van der Waals surface area contributed by atoms with Crippen LogP contribution in [0.3, 0.4) is 0 Å². The zero-order valence-electron chi connectivity index (χ0n) is 18.0. The molecule has 0 saturated carbocycles. The molecule has 0 spiro atoms. The van der Waals surface area contributed by atoms with Crippen LogP contribution in [0.15, 0.2) is 53.2 Å². The molecule has 0 bridgehead atoms. The fourth-order valence-corrected chi connectivity index (χ4v) is 3.84. The predicted octanol–water partition coefficient (Wildman–Crippen LogP) is 3.10. The molecule has 1 N–H and O–H groups in total. The van der Waals surface area contributed by atoms with E-state index in [1.807, 2.05) is 44.2 Å². The number of nitrogens with zero attached hydrogens (tertiary/aromatic N) is 3. The predicted molar refractivity (Wildman–Crippen MR) is 110 cm³/mol. The first-order valence-electron chi connectivity index (χ1n) is 10.5. The molecule has 1 fully saturated rings. The van der Waals surface area contributed by atoms with Gasteiger partial charge in [-0.3, -0.25) is 9.59 Å². The van der Waals surface area contributed by atoms with Gasteiger partial charge in [0, 0.05) is 17.4 Å². The Hall–Kier alpha value is -3.69. The number of carbonyl (C=O) groups excluding carboxylic acids is 2. The minimum atomic E-state index is -1.21. The van der Waals surface area contributed by atoms with Crippen molar-refractivity contribution in [2.24, 2.45) is 5.92 Å². The van der Waals surface area contributed by atoms with Gasteiger partial charge in [0.1, 0.15) is 6.04 Å². The lowest BCUT2D eigenvalue weighted by molar-refractivity contribution is -0.815. The molecular weight excluding hydrogens is 437 g/mol. The zero-order chi connectivity index (χ0) is 23.7. The lowest BCUT2D eigenvalue weighted by Crippen LogP contribution is -2.58. The number of piperazine rings is 1. The maximum absolute atomic E-state index is 15.1. The van der Waals surface area contributed by atoms with Crippen molar-refractivity contribution in [1.82, 2.24) is 15.4 Å². The molecule has 7 nitrogen and oxygen atoms in total. The van der Waals surface area contributed by atoms with Crippen LogP contribution in [-0.4, -0.2) is 34.5 Å². The Balaban J connectivity index is 1.68. The van der Waals surface area contributed by atoms with Crippen molar-refractivity contribution in [3.05, 3.63) is 77.4 Å². The van der Waals surface area contributed by atoms with Crippen LogP contribution < -0.4 is 10.1 Å². The van der Waals surface area contributed by atoms with Gasteiger partial charge in [-0.2, -0.15) is 0 Å². The lowest BCUT2D eigenvalue weighted by Gasteiger charge is -2.39. The molecule has 33 heavy (non-hydrogen) atoms. The van der Waals surface area contributed by atoms with Gasteiger partial charge in [0.2, 0.25) is 5.91 Å². The molecule has 0 radical (unpaired) electrons. The van der Waals surface area contributed by atoms with Crippen LogP contribution in [0.4, 0.5) is 13.2 Å². The third-order valence-electron chi connectivity index (χ3n) is 5.46. The molecule has 3 aromatic rings. The largest absolute Gasteiger partial charge is 0.381 e. The van der Waals surface area contributed by atoms with Crippen molar-refractivity contribution in [1.29, 1.82) is 0 Å². The summed E-state index contributed by atoms with van der Waals surface area (Å²) < 4.78 is 47.3. The first-order chi connectivity index (χ1) is 15.8. The first kappa shape index (κ1) is 22.5. The van der Waals surface area contributed by atoms with Crippen LogP contribution >= 0.6 is 0 Å². The fraction of sp³-hybridized carbons (Fsp3) is 0.304. The second-order valence-corrected chi connectivity index (χ2v) is 8.28. The van der Waals surface area contributed by atoms with Crippen molar-refractivity contribution >= 4 is 11.8 Å². The molecule has 0 aliphatic carbocycles. The minimum absolute atomic E-state index is 0.0820. The smallest absolute Gasteiger partial charge is 0.346 e. The van der Waals surface area contributed by atoms with Crippen LogP contribution in [0.2, 0.25) is 0 Å². The quantitative estimate of drug-likeness (QED) is 0.595. The highest BCUT2D eigenvalue weighted by molar-refractivity contribution is 5.96. The average molecular weight is 459 g/mol. The summed E-state index contributed by atoms with van der Waals surface area (Å²) in [7, 11) is 0. The maximum Gasteiger partial charge on any atom is 0.381 e. The van der Waals surface area contributed by atoms with Gasteiger partial charge in [0.05, 0.1) is 6.04 Å². The van der Waals surface area contributed by atoms with E-state index in [-0.39, 0.29) is 24.1 Å². The molecular formula is C23H22F3N4O3+. The number of hydrogen-bond acceptors (Lipinski definition) is 4. The Bertz CT molecular complexity index is 1180. The molecule has 2 heterocycles. The monoisotopic (exact) mass is 459 g/mol. The minimum Gasteiger partial charge on any atom is -0.346 e. The highest BCUT2D eigenvalue weighted by Crippen LogP contribution is 2.26. The normalized spacial score (nSPS) is 18.5. The van der Waals surface area contributed by atoms with Gasteiger partial charge in [-0.25, -0.2) is 8.78 Å². The fourth-order valence-electron chi connectivity index (χ4n) is 3.84. The number of hydrogen-bond donors (Lipinski definition) is 1. The Morgan fingerprint density at radius 3 is 2.58 bits per heavy atom. The SMILES string of the molecule is CC(C)C[C@H]1C(=O)N[C@@H](c2ccccc2)CN1C(=O)c1no[n+](-c2ccc(F)c(F)c2)c1F. The molecule has 2 atom stereocenters. The summed E-state index contributed by atoms with van der Waals surface area (Å²) in [6, 6.07) is 10.4. The number of carbonyl (C=O) groups is 2. The average Bonchev–Trinajstić information content (AvgIpc) is 3.18. The van der Waals surface area contributed by atoms with Gasteiger partial charge >= 0.3 is 17.5 Å². The van der Waals surface area contributed by atoms with Crippen molar-refractivity contribution < 1.29 is 32.1 Å². The Kier molecular flexibility index (Phi) is 6.17. The van der Waals surface area contributed by atoms with Crippen molar-refractivity contribution in [3.63, 3.8) is 0 Å². The van der Waals surface area contributed by atoms with Gasteiger partial charge < -0.3 is 10.2 Å². The van der Waals surface area contributed by atoms with E-state index < -0.39 is 41.3 Å². The first-order valence-corrected chi connectivity index (χ1v) is 10.5. The van der Waals surface area contributed by atoms with Crippen molar-refractivity contribution in [3.8, 4) is 5.69 Å². The molecule has 1 aliphatic rings. The number of benzene rings is 2. The number of halogens is 3. The van der Waals surface area contributed by atoms with Gasteiger partial charge in [-0.15, -0.1) is 4.39 Å². The summed E-state index contributed by atoms with van der Waals surface area (Å²) >= 11 is 0. The van der Waals surface area contributed by atoms with Crippen LogP contribution in [0.25, 0.3) is 5.69 Å². The Morgan fingerprint density at radius 2 is 1.91 bits per heavy atom. The molecule has 0 unspecified atom stereocenters. The summed E-state index contributed by atoms with van der Waals surface area (Å²) in [5.74, 6) is -4.61. The van der Waals surface area contributed by atoms with Crippen LogP contribution in [0.5, 0.6) is 0 Å². The molecule has 1 aromatic heterocycles. The summed E-state index contributed by atoms with van der Waals surface area (Å²) in [5, 5.41) is 6.46. The second kappa shape index (κ2) is 9.05. The number of nitrogens with one attached hydrogen (secondary N) is 1. The molecule has 172 valence electrons. The third-order valence-corrected chi connectivity index (χ3v) is 5.46. The highest BCUT2D eigenvalue weighted by atomic mass is 19.2. The summed E-state index contributed by atoms with van der Waals surface area (Å²) in [5.41, 5.74) is -0.0469. The van der Waals surface area contributed by atoms with E-state index in [0.717, 1.165) is 23.8 Å². The van der Waals surface area contributed by atoms with Crippen LogP contribution in [-0.2, 0) is 4.79 Å². The van der Waals surface area contributed by atoms with Gasteiger partial charge in [-0.1, -0.05) is 48.8 Å². The Morgan fingerprint density at radius 1 is 1.18 bits per heavy atom. The summed E-state index contributed by atoms with van der Waals surface area (Å²) in [4.78, 5) is 27.5. The molecule has 2 aromatic carbocycles. The molecule has 2 amide bonds. The third kappa shape index (κ3) is 4.46. The zero-order valence-corrected chi connectivity index (χ0v) is 18.0. The van der Waals surface area contributed by atoms with Gasteiger partial charge in [0.15, 0.2) is 22.5 Å². The molecule has 1 aliphatic heterocycles. The van der Waals surface area contributed by atoms with Crippen molar-refractivity contribution in [2.45, 2.75) is 32.4 Å². The van der Waals surface area contributed by atoms with Crippen LogP contribution in [0, 0.1) is 23.5 Å². The van der Waals surface area contributed by atoms with Gasteiger partial charge in [0.25, 0.3) is 0 Å². The van der Waals surface area contributed by atoms with E-state index >= 15 is 4.39 Å². The van der Waals surface area contributed by atoms with E-state index in [9.17, 15) is 18.4 Å². The topological polar surface area (TPSA) is 79.3 Å². The Labute approximate surface area is 187 Å². The standard InChI is InChI=1S/C23H21F3N4O3/c1-13(2)10-19-22(31)27-18(14-6-4-3-5-7-14)12-29(19)23(32)20-21(26)30(33-28-20)15-8-9-16(24)17(25)11-15/h3-9,11,13,18-19H,10,12H2,1-2H3/p+1/t18-,19+/m1/s1. The van der Waals surface area contributed by atoms with Crippen molar-refractivity contribution in [2.75, 3.05) is 6.54 Å². The van der Waals surface area contributed by atoms with E-state index in [0.29, 0.717) is 11.2 Å². The number of rotatable bonds is 5. The maximum atomic E-state index is 15.1. The van der Waals surface area contributed by atoms with E-state index in [4.69, 9.17) is 4.63 Å². The van der Waals surface area contributed by atoms with E-state index in [2.05, 4.69) is 10.5 Å². The van der Waals surface area contributed by atoms with E-state index in [1.165, 1.54) is 4.90 Å². The second-order valence-electron chi connectivity index (χ2n) is 8.28. The molecule has 1 saturated heterocycles. The lowest BCUT2D eigenvalue weighted by atomic mass is 9.95. The highest BCUT2D eigenvalue weighted by Gasteiger charge is 2.43. The van der Waals surface area contributed by atoms with Crippen LogP contribution in [0.1, 0.15) is 42.4 Å². The molecule has 10 heteroatoms. The molecule has 4 rings (SSSR count). The summed E-state index contributed by atoms with van der Waals surface area (Å²) in [6.07, 6.45) is 0.363. The number of aromatic nitrogens is 2.